The molecule has 0 fully saturated rings. The lowest BCUT2D eigenvalue weighted by molar-refractivity contribution is -0.142. The van der Waals surface area contributed by atoms with Crippen LogP contribution in [-0.2, 0) is 30.8 Å². The van der Waals surface area contributed by atoms with Gasteiger partial charge in [0.1, 0.15) is 9.52 Å². The largest absolute Gasteiger partial charge is 0.491 e. The fourth-order valence-corrected chi connectivity index (χ4v) is 3.96. The van der Waals surface area contributed by atoms with E-state index in [1.54, 1.807) is 37.8 Å². The maximum atomic E-state index is 12.9. The highest BCUT2D eigenvalue weighted by Gasteiger charge is 2.37. The molecule has 12 heteroatoms. The molecule has 166 valence electrons. The summed E-state index contributed by atoms with van der Waals surface area (Å²) in [5.74, 6) is -0.293. The van der Waals surface area contributed by atoms with Gasteiger partial charge in [-0.3, -0.25) is 9.36 Å². The highest BCUT2D eigenvalue weighted by atomic mass is 127. The van der Waals surface area contributed by atoms with E-state index >= 15 is 0 Å². The van der Waals surface area contributed by atoms with Gasteiger partial charge in [0.25, 0.3) is 0 Å². The lowest BCUT2D eigenvalue weighted by atomic mass is 9.79. The van der Waals surface area contributed by atoms with E-state index < -0.39 is 19.0 Å². The van der Waals surface area contributed by atoms with Crippen molar-refractivity contribution in [1.29, 1.82) is 0 Å². The number of nitrogens with zero attached hydrogens (tertiary/aromatic N) is 4. The Morgan fingerprint density at radius 3 is 2.52 bits per heavy atom. The first-order valence-corrected chi connectivity index (χ1v) is 10.5. The second-order valence-electron chi connectivity index (χ2n) is 7.06. The Bertz CT molecular complexity index is 1070. The molecule has 0 bridgehead atoms. The summed E-state index contributed by atoms with van der Waals surface area (Å²) in [4.78, 5) is 0. The molecule has 4 rings (SSSR count). The van der Waals surface area contributed by atoms with Crippen molar-refractivity contribution in [2.45, 2.75) is 39.1 Å². The van der Waals surface area contributed by atoms with Gasteiger partial charge in [-0.05, 0) is 59.6 Å². The Balaban J connectivity index is 0.000000194. The summed E-state index contributed by atoms with van der Waals surface area (Å²) in [5.41, 5.74) is 1.55. The van der Waals surface area contributed by atoms with Crippen molar-refractivity contribution in [3.05, 3.63) is 62.5 Å². The van der Waals surface area contributed by atoms with Gasteiger partial charge in [-0.25, -0.2) is 4.39 Å². The molecule has 0 saturated heterocycles. The molecule has 31 heavy (non-hydrogen) atoms. The van der Waals surface area contributed by atoms with Gasteiger partial charge in [0, 0.05) is 43.5 Å². The van der Waals surface area contributed by atoms with E-state index in [9.17, 15) is 22.6 Å². The van der Waals surface area contributed by atoms with Crippen molar-refractivity contribution in [3.63, 3.8) is 0 Å². The molecule has 0 radical (unpaired) electrons. The van der Waals surface area contributed by atoms with Gasteiger partial charge in [-0.2, -0.15) is 23.4 Å². The summed E-state index contributed by atoms with van der Waals surface area (Å²) in [6, 6.07) is 4.28. The highest BCUT2D eigenvalue weighted by molar-refractivity contribution is 14.1. The standard InChI is InChI=1S/C11H12F3IN4.C8H8BFO2/c1-3-19-6-7(9(16-19)11(12,13)14)4-8-5-18(2)17-10(8)15;1-5-7-4-6(10)2-3-8(7)9(11)12-5/h5-6H,3-4H2,1-2H3;2-5,11H,1H3/t;5-/m.1/s1. The predicted octanol–water partition coefficient (Wildman–Crippen LogP) is 3.46. The van der Waals surface area contributed by atoms with Crippen LogP contribution < -0.4 is 5.46 Å². The van der Waals surface area contributed by atoms with Crippen LogP contribution >= 0.6 is 22.6 Å². The molecule has 1 aliphatic heterocycles. The van der Waals surface area contributed by atoms with E-state index in [4.69, 9.17) is 4.65 Å². The smallest absolute Gasteiger partial charge is 0.423 e. The third-order valence-electron chi connectivity index (χ3n) is 4.75. The predicted molar refractivity (Wildman–Crippen MR) is 115 cm³/mol. The van der Waals surface area contributed by atoms with E-state index in [1.165, 1.54) is 23.0 Å². The molecule has 2 aromatic heterocycles. The molecule has 3 heterocycles. The fourth-order valence-electron chi connectivity index (χ4n) is 3.29. The quantitative estimate of drug-likeness (QED) is 0.309. The zero-order chi connectivity index (χ0) is 22.9. The molecule has 3 aromatic rings. The number of hydrogen-bond acceptors (Lipinski definition) is 4. The Morgan fingerprint density at radius 1 is 1.23 bits per heavy atom. The average Bonchev–Trinajstić information content (AvgIpc) is 3.32. The minimum atomic E-state index is -4.43. The van der Waals surface area contributed by atoms with Crippen LogP contribution in [0.15, 0.2) is 30.6 Å². The van der Waals surface area contributed by atoms with Gasteiger partial charge in [-0.15, -0.1) is 0 Å². The van der Waals surface area contributed by atoms with E-state index in [-0.39, 0.29) is 23.9 Å². The number of halogens is 5. The fraction of sp³-hybridized carbons (Fsp3) is 0.368. The normalized spacial score (nSPS) is 15.6. The lowest BCUT2D eigenvalue weighted by Gasteiger charge is -2.05. The second-order valence-corrected chi connectivity index (χ2v) is 8.08. The molecule has 6 nitrogen and oxygen atoms in total. The van der Waals surface area contributed by atoms with Crippen LogP contribution in [0.5, 0.6) is 0 Å². The number of aromatic nitrogens is 4. The molecule has 0 saturated carbocycles. The van der Waals surface area contributed by atoms with Gasteiger partial charge in [-0.1, -0.05) is 6.07 Å². The summed E-state index contributed by atoms with van der Waals surface area (Å²) in [7, 11) is 0.849. The van der Waals surface area contributed by atoms with Gasteiger partial charge < -0.3 is 9.68 Å². The number of rotatable bonds is 3. The third kappa shape index (κ3) is 5.47. The first-order valence-electron chi connectivity index (χ1n) is 9.44. The summed E-state index contributed by atoms with van der Waals surface area (Å²) in [5, 5.41) is 17.0. The number of fused-ring (bicyclic) bond motifs is 1. The van der Waals surface area contributed by atoms with E-state index in [0.717, 1.165) is 11.1 Å². The first-order chi connectivity index (χ1) is 14.5. The monoisotopic (exact) mass is 550 g/mol. The Morgan fingerprint density at radius 2 is 1.94 bits per heavy atom. The zero-order valence-corrected chi connectivity index (χ0v) is 19.1. The van der Waals surface area contributed by atoms with Crippen LogP contribution in [0, 0.1) is 9.52 Å². The topological polar surface area (TPSA) is 65.1 Å². The zero-order valence-electron chi connectivity index (χ0n) is 17.0. The number of alkyl halides is 3. The first kappa shape index (κ1) is 23.7. The molecule has 1 aliphatic rings. The molecule has 1 N–H and O–H groups in total. The summed E-state index contributed by atoms with van der Waals surface area (Å²) >= 11 is 2.02. The van der Waals surface area contributed by atoms with Crippen LogP contribution in [0.1, 0.15) is 42.3 Å². The van der Waals surface area contributed by atoms with Gasteiger partial charge in [0.05, 0.1) is 6.10 Å². The molecule has 0 unspecified atom stereocenters. The Hall–Kier alpha value is -1.93. The third-order valence-corrected chi connectivity index (χ3v) is 5.66. The second kappa shape index (κ2) is 9.29. The lowest BCUT2D eigenvalue weighted by Crippen LogP contribution is -2.27. The van der Waals surface area contributed by atoms with E-state index in [1.807, 2.05) is 22.6 Å². The van der Waals surface area contributed by atoms with Crippen molar-refractivity contribution >= 4 is 35.2 Å². The van der Waals surface area contributed by atoms with Crippen molar-refractivity contribution in [1.82, 2.24) is 19.6 Å². The maximum Gasteiger partial charge on any atom is 0.491 e. The average molecular weight is 550 g/mol. The van der Waals surface area contributed by atoms with Gasteiger partial charge in [0.2, 0.25) is 0 Å². The van der Waals surface area contributed by atoms with Crippen LogP contribution in [0.4, 0.5) is 17.6 Å². The molecule has 1 atom stereocenters. The van der Waals surface area contributed by atoms with Gasteiger partial charge >= 0.3 is 13.3 Å². The highest BCUT2D eigenvalue weighted by Crippen LogP contribution is 2.32. The van der Waals surface area contributed by atoms with Crippen LogP contribution in [0.3, 0.4) is 0 Å². The van der Waals surface area contributed by atoms with Gasteiger partial charge in [0.15, 0.2) is 5.69 Å². The molecule has 0 spiro atoms. The maximum absolute atomic E-state index is 12.9. The molecular formula is C19H20BF4IN4O2. The van der Waals surface area contributed by atoms with E-state index in [0.29, 0.717) is 15.7 Å². The van der Waals surface area contributed by atoms with Crippen LogP contribution in [0.25, 0.3) is 0 Å². The SMILES string of the molecule is CCn1cc(Cc2cn(C)nc2I)c(C(F)(F)F)n1.C[C@H]1OB(O)c2ccc(F)cc21. The van der Waals surface area contributed by atoms with E-state index in [2.05, 4.69) is 10.2 Å². The summed E-state index contributed by atoms with van der Waals surface area (Å²) in [6.07, 6.45) is -1.28. The summed E-state index contributed by atoms with van der Waals surface area (Å²) < 4.78 is 60.1. The van der Waals surface area contributed by atoms with Crippen molar-refractivity contribution < 1.29 is 27.2 Å². The Labute approximate surface area is 190 Å². The van der Waals surface area contributed by atoms with Crippen LogP contribution in [-0.4, -0.2) is 31.7 Å². The number of aryl methyl sites for hydroxylation is 2. The number of benzene rings is 1. The molecule has 0 aliphatic carbocycles. The minimum Gasteiger partial charge on any atom is -0.423 e. The number of hydrogen-bond donors (Lipinski definition) is 1. The summed E-state index contributed by atoms with van der Waals surface area (Å²) in [6.45, 7) is 3.95. The molecular weight excluding hydrogens is 530 g/mol. The molecule has 0 amide bonds. The van der Waals surface area contributed by atoms with Crippen molar-refractivity contribution in [2.75, 3.05) is 0 Å². The minimum absolute atomic E-state index is 0.181. The molecule has 1 aromatic carbocycles. The van der Waals surface area contributed by atoms with Crippen molar-refractivity contribution in [3.8, 4) is 0 Å². The van der Waals surface area contributed by atoms with Crippen molar-refractivity contribution in [2.24, 2.45) is 7.05 Å². The van der Waals surface area contributed by atoms with Crippen LogP contribution in [0.2, 0.25) is 0 Å². The Kier molecular flexibility index (Phi) is 7.11.